The number of hydrogen-bond donors (Lipinski definition) is 1. The van der Waals surface area contributed by atoms with Gasteiger partial charge < -0.3 is 10.6 Å². The van der Waals surface area contributed by atoms with Gasteiger partial charge in [0.2, 0.25) is 0 Å². The summed E-state index contributed by atoms with van der Waals surface area (Å²) in [6, 6.07) is 15.8. The minimum Gasteiger partial charge on any atom is -0.399 e. The molecule has 2 aromatic carbocycles. The van der Waals surface area contributed by atoms with Crippen LogP contribution in [0.3, 0.4) is 0 Å². The SMILES string of the molecule is CCN(C(=O)c1ccc(C#N)cc1)c1ccc(N)cc1. The maximum absolute atomic E-state index is 12.5. The number of anilines is 2. The number of nitrogens with zero attached hydrogens (tertiary/aromatic N) is 2. The summed E-state index contributed by atoms with van der Waals surface area (Å²) in [5.74, 6) is -0.0956. The van der Waals surface area contributed by atoms with Crippen molar-refractivity contribution in [2.45, 2.75) is 6.92 Å². The van der Waals surface area contributed by atoms with Crippen molar-refractivity contribution in [2.75, 3.05) is 17.2 Å². The lowest BCUT2D eigenvalue weighted by molar-refractivity contribution is 0.0988. The molecule has 20 heavy (non-hydrogen) atoms. The van der Waals surface area contributed by atoms with Gasteiger partial charge in [0.15, 0.2) is 0 Å². The fraction of sp³-hybridized carbons (Fsp3) is 0.125. The average Bonchev–Trinajstić information content (AvgIpc) is 2.50. The van der Waals surface area contributed by atoms with Gasteiger partial charge in [-0.1, -0.05) is 0 Å². The van der Waals surface area contributed by atoms with Gasteiger partial charge in [-0.15, -0.1) is 0 Å². The summed E-state index contributed by atoms with van der Waals surface area (Å²) in [5.41, 5.74) is 8.21. The molecule has 0 aliphatic rings. The molecule has 2 N–H and O–H groups in total. The summed E-state index contributed by atoms with van der Waals surface area (Å²) in [4.78, 5) is 14.1. The van der Waals surface area contributed by atoms with Crippen molar-refractivity contribution in [1.82, 2.24) is 0 Å². The number of rotatable bonds is 3. The second kappa shape index (κ2) is 5.89. The number of nitrogen functional groups attached to an aromatic ring is 1. The van der Waals surface area contributed by atoms with E-state index in [1.165, 1.54) is 0 Å². The van der Waals surface area contributed by atoms with Crippen LogP contribution in [0.25, 0.3) is 0 Å². The standard InChI is InChI=1S/C16H15N3O/c1-2-19(15-9-7-14(18)8-10-15)16(20)13-5-3-12(11-17)4-6-13/h3-10H,2,18H2,1H3. The Labute approximate surface area is 118 Å². The van der Waals surface area contributed by atoms with Crippen LogP contribution in [0, 0.1) is 11.3 Å². The minimum absolute atomic E-state index is 0.0956. The number of nitrogens with two attached hydrogens (primary N) is 1. The number of nitriles is 1. The van der Waals surface area contributed by atoms with E-state index in [4.69, 9.17) is 11.0 Å². The third-order valence-corrected chi connectivity index (χ3v) is 3.03. The molecule has 1 amide bonds. The van der Waals surface area contributed by atoms with Gasteiger partial charge >= 0.3 is 0 Å². The number of hydrogen-bond acceptors (Lipinski definition) is 3. The van der Waals surface area contributed by atoms with Crippen LogP contribution >= 0.6 is 0 Å². The molecule has 4 nitrogen and oxygen atoms in total. The zero-order valence-electron chi connectivity index (χ0n) is 11.2. The Kier molecular flexibility index (Phi) is 4.02. The summed E-state index contributed by atoms with van der Waals surface area (Å²) in [5, 5.41) is 8.77. The Hall–Kier alpha value is -2.80. The van der Waals surface area contributed by atoms with Crippen molar-refractivity contribution in [2.24, 2.45) is 0 Å². The molecule has 0 saturated heterocycles. The van der Waals surface area contributed by atoms with Gasteiger partial charge in [-0.2, -0.15) is 5.26 Å². The first-order valence-corrected chi connectivity index (χ1v) is 6.33. The van der Waals surface area contributed by atoms with E-state index in [-0.39, 0.29) is 5.91 Å². The summed E-state index contributed by atoms with van der Waals surface area (Å²) in [7, 11) is 0. The molecule has 0 fully saturated rings. The quantitative estimate of drug-likeness (QED) is 0.867. The van der Waals surface area contributed by atoms with E-state index in [0.717, 1.165) is 5.69 Å². The summed E-state index contributed by atoms with van der Waals surface area (Å²) >= 11 is 0. The molecule has 0 bridgehead atoms. The van der Waals surface area contributed by atoms with Crippen LogP contribution in [0.2, 0.25) is 0 Å². The fourth-order valence-electron chi connectivity index (χ4n) is 1.94. The van der Waals surface area contributed by atoms with E-state index >= 15 is 0 Å². The van der Waals surface area contributed by atoms with Crippen molar-refractivity contribution in [3.05, 3.63) is 59.7 Å². The lowest BCUT2D eigenvalue weighted by atomic mass is 10.1. The van der Waals surface area contributed by atoms with E-state index in [1.807, 2.05) is 25.1 Å². The van der Waals surface area contributed by atoms with Crippen molar-refractivity contribution in [3.63, 3.8) is 0 Å². The van der Waals surface area contributed by atoms with Crippen molar-refractivity contribution < 1.29 is 4.79 Å². The Morgan fingerprint density at radius 2 is 1.75 bits per heavy atom. The van der Waals surface area contributed by atoms with E-state index < -0.39 is 0 Å². The molecule has 0 aliphatic heterocycles. The largest absolute Gasteiger partial charge is 0.399 e. The smallest absolute Gasteiger partial charge is 0.258 e. The highest BCUT2D eigenvalue weighted by Gasteiger charge is 2.15. The second-order valence-electron chi connectivity index (χ2n) is 4.33. The van der Waals surface area contributed by atoms with E-state index in [9.17, 15) is 4.79 Å². The topological polar surface area (TPSA) is 70.1 Å². The molecule has 0 saturated carbocycles. The molecule has 0 unspecified atom stereocenters. The Morgan fingerprint density at radius 1 is 1.15 bits per heavy atom. The first-order chi connectivity index (χ1) is 9.65. The van der Waals surface area contributed by atoms with Gasteiger partial charge in [-0.3, -0.25) is 4.79 Å². The first kappa shape index (κ1) is 13.6. The third-order valence-electron chi connectivity index (χ3n) is 3.03. The molecule has 2 rings (SSSR count). The second-order valence-corrected chi connectivity index (χ2v) is 4.33. The molecular formula is C16H15N3O. The Morgan fingerprint density at radius 3 is 2.25 bits per heavy atom. The van der Waals surface area contributed by atoms with Crippen LogP contribution in [0.15, 0.2) is 48.5 Å². The van der Waals surface area contributed by atoms with Crippen LogP contribution < -0.4 is 10.6 Å². The maximum atomic E-state index is 12.5. The van der Waals surface area contributed by atoms with Gasteiger partial charge in [0, 0.05) is 23.5 Å². The minimum atomic E-state index is -0.0956. The molecule has 0 spiro atoms. The molecule has 0 aromatic heterocycles. The van der Waals surface area contributed by atoms with Crippen molar-refractivity contribution >= 4 is 17.3 Å². The van der Waals surface area contributed by atoms with Gasteiger partial charge in [-0.25, -0.2) is 0 Å². The lowest BCUT2D eigenvalue weighted by Crippen LogP contribution is -2.30. The Bertz CT molecular complexity index is 639. The predicted molar refractivity (Wildman–Crippen MR) is 79.4 cm³/mol. The van der Waals surface area contributed by atoms with Crippen LogP contribution in [0.1, 0.15) is 22.8 Å². The monoisotopic (exact) mass is 265 g/mol. The van der Waals surface area contributed by atoms with Gasteiger partial charge in [-0.05, 0) is 55.5 Å². The highest BCUT2D eigenvalue weighted by atomic mass is 16.2. The summed E-state index contributed by atoms with van der Waals surface area (Å²) < 4.78 is 0. The van der Waals surface area contributed by atoms with Crippen LogP contribution in [0.4, 0.5) is 11.4 Å². The number of carbonyl (C=O) groups is 1. The highest BCUT2D eigenvalue weighted by molar-refractivity contribution is 6.06. The van der Waals surface area contributed by atoms with Crippen LogP contribution in [-0.2, 0) is 0 Å². The van der Waals surface area contributed by atoms with Gasteiger partial charge in [0.05, 0.1) is 11.6 Å². The van der Waals surface area contributed by atoms with E-state index in [1.54, 1.807) is 41.3 Å². The molecular weight excluding hydrogens is 250 g/mol. The van der Waals surface area contributed by atoms with Gasteiger partial charge in [0.25, 0.3) is 5.91 Å². The molecule has 4 heteroatoms. The van der Waals surface area contributed by atoms with Gasteiger partial charge in [0.1, 0.15) is 0 Å². The fourth-order valence-corrected chi connectivity index (χ4v) is 1.94. The number of carbonyl (C=O) groups excluding carboxylic acids is 1. The zero-order chi connectivity index (χ0) is 14.5. The van der Waals surface area contributed by atoms with Crippen LogP contribution in [-0.4, -0.2) is 12.5 Å². The third kappa shape index (κ3) is 2.78. The van der Waals surface area contributed by atoms with Crippen molar-refractivity contribution in [3.8, 4) is 6.07 Å². The molecule has 2 aromatic rings. The number of amides is 1. The highest BCUT2D eigenvalue weighted by Crippen LogP contribution is 2.19. The molecule has 0 heterocycles. The average molecular weight is 265 g/mol. The Balaban J connectivity index is 2.28. The molecule has 0 radical (unpaired) electrons. The zero-order valence-corrected chi connectivity index (χ0v) is 11.2. The molecule has 100 valence electrons. The van der Waals surface area contributed by atoms with E-state index in [0.29, 0.717) is 23.4 Å². The lowest BCUT2D eigenvalue weighted by Gasteiger charge is -2.21. The normalized spacial score (nSPS) is 9.80. The maximum Gasteiger partial charge on any atom is 0.258 e. The summed E-state index contributed by atoms with van der Waals surface area (Å²) in [6.45, 7) is 2.47. The molecule has 0 atom stereocenters. The number of benzene rings is 2. The van der Waals surface area contributed by atoms with Crippen LogP contribution in [0.5, 0.6) is 0 Å². The summed E-state index contributed by atoms with van der Waals surface area (Å²) in [6.07, 6.45) is 0. The van der Waals surface area contributed by atoms with E-state index in [2.05, 4.69) is 0 Å². The molecule has 0 aliphatic carbocycles. The first-order valence-electron chi connectivity index (χ1n) is 6.33. The predicted octanol–water partition coefficient (Wildman–Crippen LogP) is 2.81. The van der Waals surface area contributed by atoms with Crippen molar-refractivity contribution in [1.29, 1.82) is 5.26 Å².